The molecule has 0 radical (unpaired) electrons. The lowest BCUT2D eigenvalue weighted by Gasteiger charge is -1.94. The molecule has 0 amide bonds. The van der Waals surface area contributed by atoms with Crippen molar-refractivity contribution in [1.29, 1.82) is 0 Å². The van der Waals surface area contributed by atoms with Crippen LogP contribution in [0.1, 0.15) is 20.8 Å². The van der Waals surface area contributed by atoms with E-state index >= 15 is 0 Å². The summed E-state index contributed by atoms with van der Waals surface area (Å²) in [7, 11) is 0. The maximum absolute atomic E-state index is 12.0. The van der Waals surface area contributed by atoms with Gasteiger partial charge in [0.15, 0.2) is 5.78 Å². The smallest absolute Gasteiger partial charge is 0.160 e. The molecule has 0 saturated carbocycles. The van der Waals surface area contributed by atoms with Gasteiger partial charge in [-0.2, -0.15) is 0 Å². The molecular weight excluding hydrogens is 119 g/mol. The third kappa shape index (κ3) is 3.88. The van der Waals surface area contributed by atoms with Crippen molar-refractivity contribution in [2.24, 2.45) is 5.92 Å². The van der Waals surface area contributed by atoms with E-state index < -0.39 is 5.83 Å². The van der Waals surface area contributed by atoms with E-state index in [-0.39, 0.29) is 11.7 Å². The Bertz CT molecular complexity index is 132. The van der Waals surface area contributed by atoms with Crippen molar-refractivity contribution in [2.45, 2.75) is 20.8 Å². The summed E-state index contributed by atoms with van der Waals surface area (Å²) >= 11 is 0. The minimum Gasteiger partial charge on any atom is -0.294 e. The monoisotopic (exact) mass is 130 g/mol. The van der Waals surface area contributed by atoms with Crippen molar-refractivity contribution in [3.05, 3.63) is 11.9 Å². The predicted octanol–water partition coefficient (Wildman–Crippen LogP) is 2.08. The van der Waals surface area contributed by atoms with E-state index in [2.05, 4.69) is 0 Å². The summed E-state index contributed by atoms with van der Waals surface area (Å²) in [5.74, 6) is -0.681. The SMILES string of the molecule is C/C(F)=C\C(=O)C(C)C. The highest BCUT2D eigenvalue weighted by molar-refractivity contribution is 5.91. The Labute approximate surface area is 54.6 Å². The summed E-state index contributed by atoms with van der Waals surface area (Å²) < 4.78 is 12.0. The standard InChI is InChI=1S/C7H11FO/c1-5(2)7(9)4-6(3)8/h4-5H,1-3H3/b6-4+. The zero-order chi connectivity index (χ0) is 7.44. The van der Waals surface area contributed by atoms with Crippen molar-refractivity contribution in [1.82, 2.24) is 0 Å². The summed E-state index contributed by atoms with van der Waals surface area (Å²) in [5.41, 5.74) is 0. The molecule has 9 heavy (non-hydrogen) atoms. The van der Waals surface area contributed by atoms with Gasteiger partial charge < -0.3 is 0 Å². The fourth-order valence-electron chi connectivity index (χ4n) is 0.363. The summed E-state index contributed by atoms with van der Waals surface area (Å²) in [4.78, 5) is 10.6. The Balaban J connectivity index is 3.93. The van der Waals surface area contributed by atoms with Gasteiger partial charge in [-0.25, -0.2) is 4.39 Å². The van der Waals surface area contributed by atoms with Crippen molar-refractivity contribution in [2.75, 3.05) is 0 Å². The third-order valence-electron chi connectivity index (χ3n) is 0.910. The predicted molar refractivity (Wildman–Crippen MR) is 34.7 cm³/mol. The van der Waals surface area contributed by atoms with Crippen LogP contribution in [0.5, 0.6) is 0 Å². The fourth-order valence-corrected chi connectivity index (χ4v) is 0.363. The largest absolute Gasteiger partial charge is 0.294 e. The Morgan fingerprint density at radius 3 is 2.11 bits per heavy atom. The maximum atomic E-state index is 12.0. The van der Waals surface area contributed by atoms with E-state index in [0.717, 1.165) is 6.08 Å². The van der Waals surface area contributed by atoms with E-state index in [4.69, 9.17) is 0 Å². The van der Waals surface area contributed by atoms with Gasteiger partial charge in [0.2, 0.25) is 0 Å². The first-order valence-electron chi connectivity index (χ1n) is 2.91. The van der Waals surface area contributed by atoms with Crippen LogP contribution in [0.4, 0.5) is 4.39 Å². The quantitative estimate of drug-likeness (QED) is 0.523. The summed E-state index contributed by atoms with van der Waals surface area (Å²) in [6.07, 6.45) is 1.02. The normalized spacial score (nSPS) is 12.3. The Morgan fingerprint density at radius 2 is 2.00 bits per heavy atom. The van der Waals surface area contributed by atoms with Crippen LogP contribution in [0.15, 0.2) is 11.9 Å². The molecule has 0 aromatic heterocycles. The summed E-state index contributed by atoms with van der Waals surface area (Å²) in [6.45, 7) is 4.74. The Morgan fingerprint density at radius 1 is 1.56 bits per heavy atom. The topological polar surface area (TPSA) is 17.1 Å². The van der Waals surface area contributed by atoms with Crippen LogP contribution >= 0.6 is 0 Å². The van der Waals surface area contributed by atoms with Crippen LogP contribution in [-0.2, 0) is 4.79 Å². The van der Waals surface area contributed by atoms with Crippen LogP contribution < -0.4 is 0 Å². The first kappa shape index (κ1) is 8.34. The zero-order valence-corrected chi connectivity index (χ0v) is 5.94. The number of allylic oxidation sites excluding steroid dienone is 2. The lowest BCUT2D eigenvalue weighted by Crippen LogP contribution is -2.02. The Hall–Kier alpha value is -0.660. The minimum atomic E-state index is -0.422. The molecule has 0 bridgehead atoms. The van der Waals surface area contributed by atoms with Crippen LogP contribution in [0.3, 0.4) is 0 Å². The van der Waals surface area contributed by atoms with Gasteiger partial charge >= 0.3 is 0 Å². The lowest BCUT2D eigenvalue weighted by molar-refractivity contribution is -0.117. The molecular formula is C7H11FO. The molecule has 1 nitrogen and oxygen atoms in total. The third-order valence-corrected chi connectivity index (χ3v) is 0.910. The molecule has 0 unspecified atom stereocenters. The molecule has 2 heteroatoms. The zero-order valence-electron chi connectivity index (χ0n) is 5.94. The van der Waals surface area contributed by atoms with Crippen LogP contribution in [0, 0.1) is 5.92 Å². The van der Waals surface area contributed by atoms with Gasteiger partial charge in [-0.05, 0) is 6.92 Å². The molecule has 0 aromatic rings. The highest BCUT2D eigenvalue weighted by Crippen LogP contribution is 2.00. The fraction of sp³-hybridized carbons (Fsp3) is 0.571. The van der Waals surface area contributed by atoms with Crippen molar-refractivity contribution >= 4 is 5.78 Å². The highest BCUT2D eigenvalue weighted by Gasteiger charge is 2.02. The molecule has 0 rings (SSSR count). The number of hydrogen-bond donors (Lipinski definition) is 0. The average Bonchev–Trinajstić information content (AvgIpc) is 1.63. The second-order valence-electron chi connectivity index (χ2n) is 2.29. The number of carbonyl (C=O) groups is 1. The molecule has 0 aliphatic carbocycles. The molecule has 0 N–H and O–H groups in total. The number of hydrogen-bond acceptors (Lipinski definition) is 1. The van der Waals surface area contributed by atoms with Gasteiger partial charge in [0.25, 0.3) is 0 Å². The molecule has 0 aliphatic rings. The van der Waals surface area contributed by atoms with Gasteiger partial charge in [-0.1, -0.05) is 13.8 Å². The molecule has 0 spiro atoms. The van der Waals surface area contributed by atoms with E-state index in [1.165, 1.54) is 6.92 Å². The van der Waals surface area contributed by atoms with Crippen LogP contribution in [-0.4, -0.2) is 5.78 Å². The molecule has 0 fully saturated rings. The van der Waals surface area contributed by atoms with Crippen molar-refractivity contribution in [3.8, 4) is 0 Å². The van der Waals surface area contributed by atoms with E-state index in [1.54, 1.807) is 13.8 Å². The lowest BCUT2D eigenvalue weighted by atomic mass is 10.1. The van der Waals surface area contributed by atoms with E-state index in [9.17, 15) is 9.18 Å². The minimum absolute atomic E-state index is 0.101. The van der Waals surface area contributed by atoms with Gasteiger partial charge in [0, 0.05) is 12.0 Å². The first-order chi connectivity index (χ1) is 4.04. The summed E-state index contributed by atoms with van der Waals surface area (Å²) in [6, 6.07) is 0. The number of carbonyl (C=O) groups excluding carboxylic acids is 1. The molecule has 0 atom stereocenters. The van der Waals surface area contributed by atoms with E-state index in [0.29, 0.717) is 0 Å². The number of ketones is 1. The molecule has 0 aromatic carbocycles. The first-order valence-corrected chi connectivity index (χ1v) is 2.91. The van der Waals surface area contributed by atoms with Crippen LogP contribution in [0.2, 0.25) is 0 Å². The maximum Gasteiger partial charge on any atom is 0.160 e. The van der Waals surface area contributed by atoms with E-state index in [1.807, 2.05) is 0 Å². The second-order valence-corrected chi connectivity index (χ2v) is 2.29. The number of halogens is 1. The molecule has 0 aliphatic heterocycles. The van der Waals surface area contributed by atoms with Crippen LogP contribution in [0.25, 0.3) is 0 Å². The van der Waals surface area contributed by atoms with Crippen molar-refractivity contribution < 1.29 is 9.18 Å². The van der Waals surface area contributed by atoms with Gasteiger partial charge in [0.1, 0.15) is 5.83 Å². The molecule has 52 valence electrons. The van der Waals surface area contributed by atoms with Crippen molar-refractivity contribution in [3.63, 3.8) is 0 Å². The Kier molecular flexibility index (Phi) is 3.13. The molecule has 0 heterocycles. The second kappa shape index (κ2) is 3.38. The summed E-state index contributed by atoms with van der Waals surface area (Å²) in [5, 5.41) is 0. The highest BCUT2D eigenvalue weighted by atomic mass is 19.1. The van der Waals surface area contributed by atoms with Gasteiger partial charge in [-0.15, -0.1) is 0 Å². The van der Waals surface area contributed by atoms with Gasteiger partial charge in [-0.3, -0.25) is 4.79 Å². The number of rotatable bonds is 2. The molecule has 0 saturated heterocycles. The average molecular weight is 130 g/mol. The van der Waals surface area contributed by atoms with Gasteiger partial charge in [0.05, 0.1) is 0 Å².